The maximum absolute atomic E-state index is 11.3. The lowest BCUT2D eigenvalue weighted by Crippen LogP contribution is -2.30. The fraction of sp³-hybridized carbons (Fsp3) is 1.00. The summed E-state index contributed by atoms with van der Waals surface area (Å²) in [7, 11) is -2.79. The minimum Gasteiger partial charge on any atom is -0.315 e. The molecule has 2 aliphatic rings. The molecule has 3 atom stereocenters. The average Bonchev–Trinajstić information content (AvgIpc) is 2.86. The third-order valence-corrected chi connectivity index (χ3v) is 6.03. The van der Waals surface area contributed by atoms with Gasteiger partial charge in [0, 0.05) is 12.3 Å². The summed E-state index contributed by atoms with van der Waals surface area (Å²) in [5.74, 6) is 3.30. The van der Waals surface area contributed by atoms with Crippen LogP contribution in [0.4, 0.5) is 0 Å². The molecule has 0 radical (unpaired) electrons. The largest absolute Gasteiger partial charge is 0.315 e. The van der Waals surface area contributed by atoms with Gasteiger partial charge in [-0.1, -0.05) is 13.3 Å². The standard InChI is InChI=1S/C12H23NO2S/c1-2-16(14,15)6-5-13-9-12-8-10-3-4-11(12)7-10/h10-13H,2-9H2,1H3. The van der Waals surface area contributed by atoms with Gasteiger partial charge in [-0.05, 0) is 43.6 Å². The van der Waals surface area contributed by atoms with E-state index in [1.54, 1.807) is 6.92 Å². The van der Waals surface area contributed by atoms with Crippen LogP contribution in [0.25, 0.3) is 0 Å². The van der Waals surface area contributed by atoms with Crippen LogP contribution in [-0.4, -0.2) is 33.0 Å². The van der Waals surface area contributed by atoms with Gasteiger partial charge in [0.05, 0.1) is 5.75 Å². The highest BCUT2D eigenvalue weighted by molar-refractivity contribution is 7.91. The molecular weight excluding hydrogens is 222 g/mol. The molecule has 0 amide bonds. The molecular formula is C12H23NO2S. The number of hydrogen-bond acceptors (Lipinski definition) is 3. The molecule has 0 spiro atoms. The Morgan fingerprint density at radius 3 is 2.62 bits per heavy atom. The van der Waals surface area contributed by atoms with Gasteiger partial charge < -0.3 is 5.32 Å². The van der Waals surface area contributed by atoms with Crippen LogP contribution in [0.15, 0.2) is 0 Å². The van der Waals surface area contributed by atoms with Crippen molar-refractivity contribution in [1.82, 2.24) is 5.32 Å². The van der Waals surface area contributed by atoms with Crippen LogP contribution in [-0.2, 0) is 9.84 Å². The Labute approximate surface area is 98.9 Å². The monoisotopic (exact) mass is 245 g/mol. The van der Waals surface area contributed by atoms with Crippen LogP contribution in [0, 0.1) is 17.8 Å². The van der Waals surface area contributed by atoms with E-state index in [0.29, 0.717) is 12.3 Å². The van der Waals surface area contributed by atoms with Crippen LogP contribution < -0.4 is 5.32 Å². The zero-order valence-corrected chi connectivity index (χ0v) is 10.9. The number of fused-ring (bicyclic) bond motifs is 2. The third kappa shape index (κ3) is 2.98. The highest BCUT2D eigenvalue weighted by Gasteiger charge is 2.38. The zero-order chi connectivity index (χ0) is 11.6. The Kier molecular flexibility index (Phi) is 3.90. The predicted molar refractivity (Wildman–Crippen MR) is 66.1 cm³/mol. The van der Waals surface area contributed by atoms with Crippen molar-refractivity contribution >= 4 is 9.84 Å². The van der Waals surface area contributed by atoms with Crippen LogP contribution in [0.5, 0.6) is 0 Å². The van der Waals surface area contributed by atoms with Crippen molar-refractivity contribution in [3.8, 4) is 0 Å². The van der Waals surface area contributed by atoms with Crippen molar-refractivity contribution in [3.63, 3.8) is 0 Å². The molecule has 0 aliphatic heterocycles. The van der Waals surface area contributed by atoms with Gasteiger partial charge in [-0.15, -0.1) is 0 Å². The van der Waals surface area contributed by atoms with Crippen molar-refractivity contribution in [1.29, 1.82) is 0 Å². The second-order valence-corrected chi connectivity index (χ2v) is 7.85. The molecule has 3 unspecified atom stereocenters. The normalized spacial score (nSPS) is 33.4. The van der Waals surface area contributed by atoms with E-state index in [9.17, 15) is 8.42 Å². The topological polar surface area (TPSA) is 46.2 Å². The van der Waals surface area contributed by atoms with Gasteiger partial charge in [0.2, 0.25) is 0 Å². The predicted octanol–water partition coefficient (Wildman–Crippen LogP) is 1.45. The lowest BCUT2D eigenvalue weighted by Gasteiger charge is -2.21. The molecule has 16 heavy (non-hydrogen) atoms. The number of rotatable bonds is 6. The highest BCUT2D eigenvalue weighted by Crippen LogP contribution is 2.47. The van der Waals surface area contributed by atoms with E-state index in [0.717, 1.165) is 24.3 Å². The van der Waals surface area contributed by atoms with E-state index in [4.69, 9.17) is 0 Å². The number of nitrogens with one attached hydrogen (secondary N) is 1. The Morgan fingerprint density at radius 2 is 2.06 bits per heavy atom. The maximum Gasteiger partial charge on any atom is 0.151 e. The molecule has 2 saturated carbocycles. The van der Waals surface area contributed by atoms with Crippen LogP contribution >= 0.6 is 0 Å². The van der Waals surface area contributed by atoms with Gasteiger partial charge in [0.15, 0.2) is 9.84 Å². The first-order valence-corrected chi connectivity index (χ1v) is 8.34. The molecule has 3 nitrogen and oxygen atoms in total. The van der Waals surface area contributed by atoms with Crippen LogP contribution in [0.1, 0.15) is 32.6 Å². The quantitative estimate of drug-likeness (QED) is 0.720. The maximum atomic E-state index is 11.3. The van der Waals surface area contributed by atoms with Gasteiger partial charge in [0.25, 0.3) is 0 Å². The Balaban J connectivity index is 1.62. The number of hydrogen-bond donors (Lipinski definition) is 1. The minimum atomic E-state index is -2.79. The first-order valence-electron chi connectivity index (χ1n) is 6.52. The summed E-state index contributed by atoms with van der Waals surface area (Å²) >= 11 is 0. The van der Waals surface area contributed by atoms with Crippen molar-refractivity contribution in [2.45, 2.75) is 32.6 Å². The average molecular weight is 245 g/mol. The van der Waals surface area contributed by atoms with Gasteiger partial charge in [-0.25, -0.2) is 8.42 Å². The van der Waals surface area contributed by atoms with E-state index in [1.165, 1.54) is 25.7 Å². The molecule has 2 bridgehead atoms. The van der Waals surface area contributed by atoms with Gasteiger partial charge in [-0.2, -0.15) is 0 Å². The fourth-order valence-electron chi connectivity index (χ4n) is 3.29. The third-order valence-electron chi connectivity index (χ3n) is 4.32. The SMILES string of the molecule is CCS(=O)(=O)CCNCC1CC2CCC1C2. The second-order valence-electron chi connectivity index (χ2n) is 5.38. The first kappa shape index (κ1) is 12.4. The van der Waals surface area contributed by atoms with E-state index >= 15 is 0 Å². The summed E-state index contributed by atoms with van der Waals surface area (Å²) in [5.41, 5.74) is 0. The van der Waals surface area contributed by atoms with E-state index in [-0.39, 0.29) is 5.75 Å². The van der Waals surface area contributed by atoms with Gasteiger partial charge in [0.1, 0.15) is 0 Å². The van der Waals surface area contributed by atoms with Crippen molar-refractivity contribution in [3.05, 3.63) is 0 Å². The highest BCUT2D eigenvalue weighted by atomic mass is 32.2. The molecule has 0 aromatic heterocycles. The van der Waals surface area contributed by atoms with Crippen LogP contribution in [0.2, 0.25) is 0 Å². The van der Waals surface area contributed by atoms with Gasteiger partial charge in [-0.3, -0.25) is 0 Å². The van der Waals surface area contributed by atoms with Gasteiger partial charge >= 0.3 is 0 Å². The molecule has 0 heterocycles. The Hall–Kier alpha value is -0.0900. The molecule has 2 rings (SSSR count). The molecule has 4 heteroatoms. The van der Waals surface area contributed by atoms with E-state index in [1.807, 2.05) is 0 Å². The summed E-state index contributed by atoms with van der Waals surface area (Å²) in [6.07, 6.45) is 5.65. The molecule has 2 fully saturated rings. The van der Waals surface area contributed by atoms with Crippen molar-refractivity contribution in [2.75, 3.05) is 24.6 Å². The second kappa shape index (κ2) is 5.05. The molecule has 1 N–H and O–H groups in total. The lowest BCUT2D eigenvalue weighted by molar-refractivity contribution is 0.321. The summed E-state index contributed by atoms with van der Waals surface area (Å²) in [6.45, 7) is 3.37. The van der Waals surface area contributed by atoms with Crippen molar-refractivity contribution < 1.29 is 8.42 Å². The van der Waals surface area contributed by atoms with E-state index < -0.39 is 9.84 Å². The molecule has 0 aromatic rings. The zero-order valence-electron chi connectivity index (χ0n) is 10.1. The molecule has 0 aromatic carbocycles. The summed E-state index contributed by atoms with van der Waals surface area (Å²) < 4.78 is 22.6. The lowest BCUT2D eigenvalue weighted by atomic mass is 9.89. The Morgan fingerprint density at radius 1 is 1.25 bits per heavy atom. The summed E-state index contributed by atoms with van der Waals surface area (Å²) in [4.78, 5) is 0. The summed E-state index contributed by atoms with van der Waals surface area (Å²) in [5, 5.41) is 3.32. The van der Waals surface area contributed by atoms with E-state index in [2.05, 4.69) is 5.32 Å². The number of sulfone groups is 1. The fourth-order valence-corrected chi connectivity index (χ4v) is 4.03. The van der Waals surface area contributed by atoms with Crippen molar-refractivity contribution in [2.24, 2.45) is 17.8 Å². The molecule has 94 valence electrons. The molecule has 2 aliphatic carbocycles. The first-order chi connectivity index (χ1) is 7.61. The molecule has 0 saturated heterocycles. The van der Waals surface area contributed by atoms with Crippen LogP contribution in [0.3, 0.4) is 0 Å². The Bertz CT molecular complexity index is 326. The summed E-state index contributed by atoms with van der Waals surface area (Å²) in [6, 6.07) is 0. The minimum absolute atomic E-state index is 0.267. The smallest absolute Gasteiger partial charge is 0.151 e.